The number of hydrogen-bond donors (Lipinski definition) is 1. The van der Waals surface area contributed by atoms with Crippen LogP contribution in [0.4, 0.5) is 4.79 Å². The van der Waals surface area contributed by atoms with Crippen LogP contribution in [0, 0.1) is 6.92 Å². The van der Waals surface area contributed by atoms with Gasteiger partial charge in [-0.25, -0.2) is 14.6 Å². The van der Waals surface area contributed by atoms with Gasteiger partial charge in [-0.2, -0.15) is 0 Å². The van der Waals surface area contributed by atoms with E-state index >= 15 is 0 Å². The van der Waals surface area contributed by atoms with Gasteiger partial charge in [0.25, 0.3) is 5.56 Å². The number of nitrogens with one attached hydrogen (secondary N) is 1. The lowest BCUT2D eigenvalue weighted by Crippen LogP contribution is -2.37. The average Bonchev–Trinajstić information content (AvgIpc) is 3.59. The average molecular weight is 585 g/mol. The number of amides is 1. The summed E-state index contributed by atoms with van der Waals surface area (Å²) in [6.45, 7) is 2.73. The van der Waals surface area contributed by atoms with Crippen LogP contribution in [0.1, 0.15) is 22.4 Å². The third-order valence-electron chi connectivity index (χ3n) is 6.13. The molecule has 1 amide bonds. The molecule has 0 spiro atoms. The van der Waals surface area contributed by atoms with Crippen molar-refractivity contribution < 1.29 is 13.9 Å². The van der Waals surface area contributed by atoms with E-state index in [-0.39, 0.29) is 29.5 Å². The molecule has 14 heteroatoms. The number of ether oxygens (including phenoxy) is 1. The maximum Gasteiger partial charge on any atom is 0.407 e. The summed E-state index contributed by atoms with van der Waals surface area (Å²) >= 11 is 14.7. The van der Waals surface area contributed by atoms with Gasteiger partial charge in [-0.1, -0.05) is 0 Å². The molecule has 1 aliphatic heterocycles. The number of nitrogens with zero attached hydrogens (tertiary/aromatic N) is 4. The summed E-state index contributed by atoms with van der Waals surface area (Å²) in [6.07, 6.45) is -0.561. The third kappa shape index (κ3) is 4.60. The van der Waals surface area contributed by atoms with Gasteiger partial charge in [-0.3, -0.25) is 13.9 Å². The highest BCUT2D eigenvalue weighted by Gasteiger charge is 2.38. The second-order valence-corrected chi connectivity index (χ2v) is 11.6. The molecule has 37 heavy (non-hydrogen) atoms. The van der Waals surface area contributed by atoms with Crippen LogP contribution in [0.25, 0.3) is 21.6 Å². The second kappa shape index (κ2) is 10.2. The molecule has 196 valence electrons. The molecule has 1 aliphatic rings. The van der Waals surface area contributed by atoms with Crippen LogP contribution in [-0.4, -0.2) is 49.1 Å². The highest BCUT2D eigenvalue weighted by molar-refractivity contribution is 8.00. The molecular weight excluding hydrogens is 561 g/mol. The first-order valence-corrected chi connectivity index (χ1v) is 14.1. The normalized spacial score (nSPS) is 17.2. The highest BCUT2D eigenvalue weighted by Crippen LogP contribution is 2.49. The van der Waals surface area contributed by atoms with Gasteiger partial charge in [-0.15, -0.1) is 34.7 Å². The lowest BCUT2D eigenvalue weighted by atomic mass is 10.2. The summed E-state index contributed by atoms with van der Waals surface area (Å²) in [6, 6.07) is 3.43. The maximum absolute atomic E-state index is 13.5. The number of alkyl halides is 1. The van der Waals surface area contributed by atoms with Gasteiger partial charge in [0.2, 0.25) is 0 Å². The predicted molar refractivity (Wildman–Crippen MR) is 145 cm³/mol. The number of aryl methyl sites for hydroxylation is 2. The molecule has 0 fully saturated rings. The fourth-order valence-electron chi connectivity index (χ4n) is 4.55. The number of halogens is 2. The summed E-state index contributed by atoms with van der Waals surface area (Å²) in [5, 5.41) is 5.46. The Kier molecular flexibility index (Phi) is 7.18. The van der Waals surface area contributed by atoms with Gasteiger partial charge in [0.1, 0.15) is 22.6 Å². The van der Waals surface area contributed by atoms with Gasteiger partial charge >= 0.3 is 11.8 Å². The maximum atomic E-state index is 13.5. The van der Waals surface area contributed by atoms with E-state index in [1.165, 1.54) is 23.0 Å². The van der Waals surface area contributed by atoms with E-state index in [4.69, 9.17) is 32.4 Å². The van der Waals surface area contributed by atoms with Gasteiger partial charge < -0.3 is 19.0 Å². The topological polar surface area (TPSA) is 113 Å². The van der Waals surface area contributed by atoms with Crippen molar-refractivity contribution in [3.63, 3.8) is 0 Å². The van der Waals surface area contributed by atoms with Crippen LogP contribution in [0.5, 0.6) is 0 Å². The molecule has 5 rings (SSSR count). The lowest BCUT2D eigenvalue weighted by Gasteiger charge is -2.31. The smallest absolute Gasteiger partial charge is 0.407 e. The van der Waals surface area contributed by atoms with E-state index in [0.29, 0.717) is 33.9 Å². The monoisotopic (exact) mass is 583 g/mol. The van der Waals surface area contributed by atoms with Crippen molar-refractivity contribution >= 4 is 63.3 Å². The van der Waals surface area contributed by atoms with Crippen molar-refractivity contribution in [3.8, 4) is 10.7 Å². The molecular formula is C23H23Cl2N5O5S2. The Labute approximate surface area is 229 Å². The zero-order chi connectivity index (χ0) is 26.4. The van der Waals surface area contributed by atoms with Crippen molar-refractivity contribution in [2.45, 2.75) is 24.0 Å². The standard InChI is InChI=1S/C23H23Cl2N5O5S2/c1-11-10-36-20(27-11)17-15-16(28(2)23(33)29(3)21(15)31)18-19(13-4-5-14(25)35-13)37-12(9-30(17)18)8-26-22(32)34-7-6-24/h4-5,10,12,19H,6-9H2,1-3H3,(H,26,32). The van der Waals surface area contributed by atoms with Gasteiger partial charge in [0.05, 0.1) is 28.2 Å². The van der Waals surface area contributed by atoms with Crippen LogP contribution in [0.15, 0.2) is 31.5 Å². The molecule has 10 nitrogen and oxygen atoms in total. The molecule has 1 N–H and O–H groups in total. The summed E-state index contributed by atoms with van der Waals surface area (Å²) in [7, 11) is 3.12. The molecule has 4 aromatic rings. The number of carbonyl (C=O) groups excluding carboxylic acids is 1. The molecule has 0 aromatic carbocycles. The first-order valence-electron chi connectivity index (χ1n) is 11.3. The minimum atomic E-state index is -0.561. The number of carbonyl (C=O) groups is 1. The first-order chi connectivity index (χ1) is 17.7. The lowest BCUT2D eigenvalue weighted by molar-refractivity contribution is 0.153. The number of rotatable bonds is 6. The molecule has 2 atom stereocenters. The minimum Gasteiger partial charge on any atom is -0.448 e. The fraction of sp³-hybridized carbons (Fsp3) is 0.391. The van der Waals surface area contributed by atoms with E-state index < -0.39 is 22.6 Å². The Balaban J connectivity index is 1.74. The Morgan fingerprint density at radius 2 is 2.08 bits per heavy atom. The molecule has 0 aliphatic carbocycles. The third-order valence-corrected chi connectivity index (χ3v) is 8.88. The Bertz CT molecular complexity index is 1620. The van der Waals surface area contributed by atoms with Crippen LogP contribution in [0.3, 0.4) is 0 Å². The molecule has 2 unspecified atom stereocenters. The van der Waals surface area contributed by atoms with E-state index in [0.717, 1.165) is 16.0 Å². The van der Waals surface area contributed by atoms with Crippen LogP contribution in [-0.2, 0) is 25.4 Å². The molecule has 0 saturated heterocycles. The number of alkyl carbamates (subject to hydrolysis) is 1. The number of aromatic nitrogens is 4. The predicted octanol–water partition coefficient (Wildman–Crippen LogP) is 3.89. The van der Waals surface area contributed by atoms with E-state index in [1.807, 2.05) is 16.9 Å². The largest absolute Gasteiger partial charge is 0.448 e. The van der Waals surface area contributed by atoms with Crippen LogP contribution < -0.4 is 16.6 Å². The van der Waals surface area contributed by atoms with Gasteiger partial charge in [0.15, 0.2) is 5.22 Å². The number of hydrogen-bond acceptors (Lipinski definition) is 8. The summed E-state index contributed by atoms with van der Waals surface area (Å²) < 4.78 is 15.5. The Hall–Kier alpha value is -2.67. The molecule has 5 heterocycles. The SMILES string of the molecule is Cc1csc(-c2c3c(=O)n(C)c(=O)n(C)c3c3n2CC(CNC(=O)OCCCl)SC3c2ccc(Cl)o2)n1. The zero-order valence-electron chi connectivity index (χ0n) is 20.1. The fourth-order valence-corrected chi connectivity index (χ4v) is 7.06. The first kappa shape index (κ1) is 26.0. The van der Waals surface area contributed by atoms with Crippen molar-refractivity contribution in [2.75, 3.05) is 19.0 Å². The number of fused-ring (bicyclic) bond motifs is 3. The van der Waals surface area contributed by atoms with Gasteiger partial charge in [-0.05, 0) is 30.7 Å². The number of thiazole rings is 1. The molecule has 0 bridgehead atoms. The second-order valence-electron chi connectivity index (χ2n) is 8.55. The van der Waals surface area contributed by atoms with Crippen molar-refractivity contribution in [1.82, 2.24) is 24.0 Å². The van der Waals surface area contributed by atoms with Crippen LogP contribution in [0.2, 0.25) is 5.22 Å². The molecule has 4 aromatic heterocycles. The van der Waals surface area contributed by atoms with E-state index in [1.54, 1.807) is 30.9 Å². The zero-order valence-corrected chi connectivity index (χ0v) is 23.3. The van der Waals surface area contributed by atoms with Crippen molar-refractivity contribution in [2.24, 2.45) is 14.1 Å². The summed E-state index contributed by atoms with van der Waals surface area (Å²) in [5.41, 5.74) is 1.89. The Morgan fingerprint density at radius 1 is 1.30 bits per heavy atom. The van der Waals surface area contributed by atoms with Crippen molar-refractivity contribution in [1.29, 1.82) is 0 Å². The summed E-state index contributed by atoms with van der Waals surface area (Å²) in [4.78, 5) is 43.3. The molecule has 0 radical (unpaired) electrons. The number of thioether (sulfide) groups is 1. The highest BCUT2D eigenvalue weighted by atomic mass is 35.5. The Morgan fingerprint density at radius 3 is 2.73 bits per heavy atom. The minimum absolute atomic E-state index is 0.108. The quantitative estimate of drug-likeness (QED) is 0.342. The van der Waals surface area contributed by atoms with E-state index in [9.17, 15) is 14.4 Å². The van der Waals surface area contributed by atoms with Crippen LogP contribution >= 0.6 is 46.3 Å². The summed E-state index contributed by atoms with van der Waals surface area (Å²) in [5.74, 6) is 0.774. The molecule has 0 saturated carbocycles. The van der Waals surface area contributed by atoms with E-state index in [2.05, 4.69) is 10.3 Å². The number of furan rings is 1. The van der Waals surface area contributed by atoms with Crippen molar-refractivity contribution in [3.05, 3.63) is 60.7 Å². The van der Waals surface area contributed by atoms with Gasteiger partial charge in [0, 0.05) is 43.5 Å².